The van der Waals surface area contributed by atoms with Gasteiger partial charge in [0.2, 0.25) is 0 Å². The SMILES string of the molecule is COCc1cnccc1N. The molecule has 54 valence electrons. The number of nitrogens with two attached hydrogens (primary N) is 1. The van der Waals surface area contributed by atoms with Crippen molar-refractivity contribution in [3.8, 4) is 0 Å². The van der Waals surface area contributed by atoms with Gasteiger partial charge in [0, 0.05) is 30.8 Å². The second kappa shape index (κ2) is 3.17. The standard InChI is InChI=1S/C7H10N2O/c1-10-5-6-4-9-3-2-7(6)8/h2-4H,5H2,1H3,(H2,8,9). The zero-order valence-corrected chi connectivity index (χ0v) is 5.87. The lowest BCUT2D eigenvalue weighted by Gasteiger charge is -2.00. The molecule has 0 unspecified atom stereocenters. The van der Waals surface area contributed by atoms with E-state index in [1.807, 2.05) is 0 Å². The van der Waals surface area contributed by atoms with Crippen molar-refractivity contribution in [3.05, 3.63) is 24.0 Å². The molecule has 1 heterocycles. The van der Waals surface area contributed by atoms with Gasteiger partial charge in [-0.3, -0.25) is 4.98 Å². The molecule has 3 nitrogen and oxygen atoms in total. The fraction of sp³-hybridized carbons (Fsp3) is 0.286. The minimum absolute atomic E-state index is 0.527. The summed E-state index contributed by atoms with van der Waals surface area (Å²) >= 11 is 0. The Morgan fingerprint density at radius 2 is 2.50 bits per heavy atom. The first-order valence-electron chi connectivity index (χ1n) is 3.02. The third-order valence-electron chi connectivity index (χ3n) is 1.24. The summed E-state index contributed by atoms with van der Waals surface area (Å²) in [5.41, 5.74) is 7.26. The number of ether oxygens (including phenoxy) is 1. The number of aromatic nitrogens is 1. The zero-order chi connectivity index (χ0) is 7.40. The van der Waals surface area contributed by atoms with Gasteiger partial charge in [-0.05, 0) is 6.07 Å². The van der Waals surface area contributed by atoms with E-state index in [2.05, 4.69) is 4.98 Å². The van der Waals surface area contributed by atoms with Crippen molar-refractivity contribution in [1.29, 1.82) is 0 Å². The molecule has 0 amide bonds. The molecule has 0 radical (unpaired) electrons. The first-order chi connectivity index (χ1) is 4.84. The third-order valence-corrected chi connectivity index (χ3v) is 1.24. The molecular formula is C7H10N2O. The summed E-state index contributed by atoms with van der Waals surface area (Å²) < 4.78 is 4.89. The number of hydrogen-bond acceptors (Lipinski definition) is 3. The van der Waals surface area contributed by atoms with E-state index in [0.717, 1.165) is 11.3 Å². The minimum atomic E-state index is 0.527. The fourth-order valence-electron chi connectivity index (χ4n) is 0.714. The predicted molar refractivity (Wildman–Crippen MR) is 39.4 cm³/mol. The van der Waals surface area contributed by atoms with Gasteiger partial charge in [0.1, 0.15) is 0 Å². The Morgan fingerprint density at radius 3 is 3.10 bits per heavy atom. The van der Waals surface area contributed by atoms with Crippen LogP contribution in [0.3, 0.4) is 0 Å². The van der Waals surface area contributed by atoms with E-state index in [1.54, 1.807) is 25.6 Å². The van der Waals surface area contributed by atoms with Crippen LogP contribution in [0.15, 0.2) is 18.5 Å². The van der Waals surface area contributed by atoms with Crippen molar-refractivity contribution in [2.45, 2.75) is 6.61 Å². The van der Waals surface area contributed by atoms with Crippen molar-refractivity contribution >= 4 is 5.69 Å². The number of nitrogens with zero attached hydrogens (tertiary/aromatic N) is 1. The first-order valence-corrected chi connectivity index (χ1v) is 3.02. The minimum Gasteiger partial charge on any atom is -0.398 e. The van der Waals surface area contributed by atoms with Crippen molar-refractivity contribution in [2.24, 2.45) is 0 Å². The van der Waals surface area contributed by atoms with E-state index in [1.165, 1.54) is 0 Å². The fourth-order valence-corrected chi connectivity index (χ4v) is 0.714. The van der Waals surface area contributed by atoms with Gasteiger partial charge in [-0.1, -0.05) is 0 Å². The number of nitrogen functional groups attached to an aromatic ring is 1. The lowest BCUT2D eigenvalue weighted by atomic mass is 10.2. The van der Waals surface area contributed by atoms with Crippen molar-refractivity contribution in [1.82, 2.24) is 4.98 Å². The van der Waals surface area contributed by atoms with E-state index >= 15 is 0 Å². The molecule has 1 rings (SSSR count). The van der Waals surface area contributed by atoms with Crippen LogP contribution in [0.5, 0.6) is 0 Å². The molecule has 3 heteroatoms. The van der Waals surface area contributed by atoms with Gasteiger partial charge in [-0.25, -0.2) is 0 Å². The molecule has 0 saturated carbocycles. The molecule has 0 saturated heterocycles. The van der Waals surface area contributed by atoms with Crippen LogP contribution in [0.25, 0.3) is 0 Å². The highest BCUT2D eigenvalue weighted by atomic mass is 16.5. The maximum atomic E-state index is 5.59. The van der Waals surface area contributed by atoms with Gasteiger partial charge < -0.3 is 10.5 Å². The summed E-state index contributed by atoms with van der Waals surface area (Å²) in [4.78, 5) is 3.90. The monoisotopic (exact) mass is 138 g/mol. The van der Waals surface area contributed by atoms with Crippen LogP contribution in [0.2, 0.25) is 0 Å². The van der Waals surface area contributed by atoms with Gasteiger partial charge in [-0.15, -0.1) is 0 Å². The van der Waals surface area contributed by atoms with Gasteiger partial charge >= 0.3 is 0 Å². The van der Waals surface area contributed by atoms with Crippen LogP contribution >= 0.6 is 0 Å². The predicted octanol–water partition coefficient (Wildman–Crippen LogP) is 0.810. The lowest BCUT2D eigenvalue weighted by Crippen LogP contribution is -1.95. The van der Waals surface area contributed by atoms with E-state index in [4.69, 9.17) is 10.5 Å². The van der Waals surface area contributed by atoms with Gasteiger partial charge in [0.05, 0.1) is 6.61 Å². The van der Waals surface area contributed by atoms with Gasteiger partial charge in [0.25, 0.3) is 0 Å². The van der Waals surface area contributed by atoms with Crippen molar-refractivity contribution < 1.29 is 4.74 Å². The van der Waals surface area contributed by atoms with Crippen LogP contribution in [-0.2, 0) is 11.3 Å². The molecular weight excluding hydrogens is 128 g/mol. The summed E-state index contributed by atoms with van der Waals surface area (Å²) in [6.07, 6.45) is 3.37. The number of rotatable bonds is 2. The number of hydrogen-bond donors (Lipinski definition) is 1. The molecule has 0 aliphatic heterocycles. The van der Waals surface area contributed by atoms with E-state index in [0.29, 0.717) is 6.61 Å². The second-order valence-electron chi connectivity index (χ2n) is 2.01. The van der Waals surface area contributed by atoms with Gasteiger partial charge in [0.15, 0.2) is 0 Å². The normalized spacial score (nSPS) is 9.70. The molecule has 0 spiro atoms. The maximum Gasteiger partial charge on any atom is 0.0748 e. The average molecular weight is 138 g/mol. The van der Waals surface area contributed by atoms with E-state index in [-0.39, 0.29) is 0 Å². The highest BCUT2D eigenvalue weighted by Crippen LogP contribution is 2.08. The molecule has 0 atom stereocenters. The average Bonchev–Trinajstić information content (AvgIpc) is 1.94. The van der Waals surface area contributed by atoms with E-state index in [9.17, 15) is 0 Å². The van der Waals surface area contributed by atoms with Crippen LogP contribution in [-0.4, -0.2) is 12.1 Å². The molecule has 1 aromatic rings. The molecule has 2 N–H and O–H groups in total. The third kappa shape index (κ3) is 1.45. The quantitative estimate of drug-likeness (QED) is 0.657. The molecule has 0 fully saturated rings. The lowest BCUT2D eigenvalue weighted by molar-refractivity contribution is 0.185. The Kier molecular flexibility index (Phi) is 2.23. The van der Waals surface area contributed by atoms with Crippen molar-refractivity contribution in [2.75, 3.05) is 12.8 Å². The highest BCUT2D eigenvalue weighted by Gasteiger charge is 1.94. The molecule has 10 heavy (non-hydrogen) atoms. The molecule has 0 aliphatic rings. The summed E-state index contributed by atoms with van der Waals surface area (Å²) in [6.45, 7) is 0.527. The van der Waals surface area contributed by atoms with E-state index < -0.39 is 0 Å². The molecule has 1 aromatic heterocycles. The molecule has 0 bridgehead atoms. The zero-order valence-electron chi connectivity index (χ0n) is 5.87. The number of methoxy groups -OCH3 is 1. The second-order valence-corrected chi connectivity index (χ2v) is 2.01. The molecule has 0 aromatic carbocycles. The van der Waals surface area contributed by atoms with Crippen LogP contribution in [0.4, 0.5) is 5.69 Å². The Morgan fingerprint density at radius 1 is 1.70 bits per heavy atom. The topological polar surface area (TPSA) is 48.1 Å². The Bertz CT molecular complexity index is 213. The Hall–Kier alpha value is -1.09. The summed E-state index contributed by atoms with van der Waals surface area (Å²) in [5.74, 6) is 0. The smallest absolute Gasteiger partial charge is 0.0748 e. The van der Waals surface area contributed by atoms with Crippen LogP contribution in [0.1, 0.15) is 5.56 Å². The Balaban J connectivity index is 2.81. The molecule has 0 aliphatic carbocycles. The summed E-state index contributed by atoms with van der Waals surface area (Å²) in [7, 11) is 1.63. The van der Waals surface area contributed by atoms with Crippen LogP contribution < -0.4 is 5.73 Å². The summed E-state index contributed by atoms with van der Waals surface area (Å²) in [6, 6.07) is 1.76. The van der Waals surface area contributed by atoms with Gasteiger partial charge in [-0.2, -0.15) is 0 Å². The largest absolute Gasteiger partial charge is 0.398 e. The van der Waals surface area contributed by atoms with Crippen molar-refractivity contribution in [3.63, 3.8) is 0 Å². The highest BCUT2D eigenvalue weighted by molar-refractivity contribution is 5.43. The number of pyridine rings is 1. The maximum absolute atomic E-state index is 5.59. The summed E-state index contributed by atoms with van der Waals surface area (Å²) in [5, 5.41) is 0. The first kappa shape index (κ1) is 7.02. The van der Waals surface area contributed by atoms with Crippen LogP contribution in [0, 0.1) is 0 Å². The number of anilines is 1. The Labute approximate surface area is 59.8 Å².